The van der Waals surface area contributed by atoms with E-state index in [0.717, 1.165) is 0 Å². The number of rotatable bonds is 3. The SMILES string of the molecule is Cc1c(F)cccc1NCc1c(F)cccc1F. The van der Waals surface area contributed by atoms with Crippen molar-refractivity contribution in [3.63, 3.8) is 0 Å². The van der Waals surface area contributed by atoms with Crippen molar-refractivity contribution in [2.24, 2.45) is 0 Å². The monoisotopic (exact) mass is 251 g/mol. The molecule has 0 aromatic heterocycles. The highest BCUT2D eigenvalue weighted by atomic mass is 19.1. The predicted octanol–water partition coefficient (Wildman–Crippen LogP) is 4.02. The molecule has 0 aliphatic rings. The van der Waals surface area contributed by atoms with Gasteiger partial charge in [0.05, 0.1) is 0 Å². The van der Waals surface area contributed by atoms with Crippen molar-refractivity contribution >= 4 is 5.69 Å². The van der Waals surface area contributed by atoms with Crippen LogP contribution in [0.15, 0.2) is 36.4 Å². The van der Waals surface area contributed by atoms with Crippen molar-refractivity contribution in [2.75, 3.05) is 5.32 Å². The van der Waals surface area contributed by atoms with E-state index in [4.69, 9.17) is 0 Å². The minimum atomic E-state index is -0.614. The summed E-state index contributed by atoms with van der Waals surface area (Å²) < 4.78 is 40.0. The summed E-state index contributed by atoms with van der Waals surface area (Å²) >= 11 is 0. The Morgan fingerprint density at radius 1 is 0.889 bits per heavy atom. The first-order chi connectivity index (χ1) is 8.59. The van der Waals surface area contributed by atoms with Crippen LogP contribution in [0, 0.1) is 24.4 Å². The second-order valence-corrected chi connectivity index (χ2v) is 3.97. The summed E-state index contributed by atoms with van der Waals surface area (Å²) in [5.41, 5.74) is 0.896. The molecule has 2 aromatic carbocycles. The van der Waals surface area contributed by atoms with E-state index in [2.05, 4.69) is 5.32 Å². The van der Waals surface area contributed by atoms with Crippen LogP contribution in [0.5, 0.6) is 0 Å². The van der Waals surface area contributed by atoms with Gasteiger partial charge in [-0.3, -0.25) is 0 Å². The molecule has 94 valence electrons. The Labute approximate surface area is 103 Å². The molecule has 0 aliphatic carbocycles. The number of halogens is 3. The van der Waals surface area contributed by atoms with Crippen LogP contribution in [-0.4, -0.2) is 0 Å². The Morgan fingerprint density at radius 2 is 1.44 bits per heavy atom. The van der Waals surface area contributed by atoms with Gasteiger partial charge in [0.15, 0.2) is 0 Å². The first-order valence-electron chi connectivity index (χ1n) is 5.51. The van der Waals surface area contributed by atoms with Crippen molar-refractivity contribution in [3.8, 4) is 0 Å². The molecule has 0 aliphatic heterocycles. The lowest BCUT2D eigenvalue weighted by Crippen LogP contribution is -2.06. The Hall–Kier alpha value is -1.97. The third kappa shape index (κ3) is 2.47. The van der Waals surface area contributed by atoms with Crippen molar-refractivity contribution < 1.29 is 13.2 Å². The van der Waals surface area contributed by atoms with E-state index >= 15 is 0 Å². The zero-order valence-corrected chi connectivity index (χ0v) is 9.81. The summed E-state index contributed by atoms with van der Waals surface area (Å²) in [6.45, 7) is 1.58. The maximum absolute atomic E-state index is 13.4. The maximum atomic E-state index is 13.4. The molecule has 0 spiro atoms. The van der Waals surface area contributed by atoms with E-state index in [-0.39, 0.29) is 17.9 Å². The molecule has 0 saturated carbocycles. The zero-order chi connectivity index (χ0) is 13.1. The summed E-state index contributed by atoms with van der Waals surface area (Å²) in [5, 5.41) is 2.83. The van der Waals surface area contributed by atoms with E-state index in [1.807, 2.05) is 0 Å². The minimum Gasteiger partial charge on any atom is -0.380 e. The maximum Gasteiger partial charge on any atom is 0.131 e. The van der Waals surface area contributed by atoms with Crippen LogP contribution >= 0.6 is 0 Å². The standard InChI is InChI=1S/C14H12F3N/c1-9-11(15)4-3-7-14(9)18-8-10-12(16)5-2-6-13(10)17/h2-7,18H,8H2,1H3. The molecule has 18 heavy (non-hydrogen) atoms. The van der Waals surface area contributed by atoms with Crippen LogP contribution in [0.25, 0.3) is 0 Å². The Morgan fingerprint density at radius 3 is 2.11 bits per heavy atom. The van der Waals surface area contributed by atoms with Crippen molar-refractivity contribution in [1.82, 2.24) is 0 Å². The van der Waals surface area contributed by atoms with Gasteiger partial charge < -0.3 is 5.32 Å². The van der Waals surface area contributed by atoms with Crippen molar-refractivity contribution in [1.29, 1.82) is 0 Å². The average molecular weight is 251 g/mol. The molecular formula is C14H12F3N. The average Bonchev–Trinajstić information content (AvgIpc) is 2.33. The van der Waals surface area contributed by atoms with Crippen molar-refractivity contribution in [2.45, 2.75) is 13.5 Å². The number of nitrogens with one attached hydrogen (secondary N) is 1. The van der Waals surface area contributed by atoms with Gasteiger partial charge in [-0.05, 0) is 31.2 Å². The minimum absolute atomic E-state index is 0.0250. The molecule has 0 radical (unpaired) electrons. The van der Waals surface area contributed by atoms with E-state index in [0.29, 0.717) is 11.3 Å². The first-order valence-corrected chi connectivity index (χ1v) is 5.51. The van der Waals surface area contributed by atoms with Gasteiger partial charge in [-0.1, -0.05) is 12.1 Å². The summed E-state index contributed by atoms with van der Waals surface area (Å²) in [6, 6.07) is 8.24. The molecular weight excluding hydrogens is 239 g/mol. The lowest BCUT2D eigenvalue weighted by atomic mass is 10.1. The molecule has 4 heteroatoms. The zero-order valence-electron chi connectivity index (χ0n) is 9.81. The molecule has 0 fully saturated rings. The molecule has 2 aromatic rings. The Balaban J connectivity index is 2.19. The highest BCUT2D eigenvalue weighted by Crippen LogP contribution is 2.19. The fourth-order valence-corrected chi connectivity index (χ4v) is 1.68. The fraction of sp³-hybridized carbons (Fsp3) is 0.143. The summed E-state index contributed by atoms with van der Waals surface area (Å²) in [5.74, 6) is -1.58. The van der Waals surface area contributed by atoms with Gasteiger partial charge in [-0.2, -0.15) is 0 Å². The quantitative estimate of drug-likeness (QED) is 0.868. The van der Waals surface area contributed by atoms with E-state index in [1.54, 1.807) is 19.1 Å². The topological polar surface area (TPSA) is 12.0 Å². The highest BCUT2D eigenvalue weighted by Gasteiger charge is 2.09. The van der Waals surface area contributed by atoms with Crippen LogP contribution in [0.1, 0.15) is 11.1 Å². The normalized spacial score (nSPS) is 10.4. The molecule has 1 nitrogen and oxygen atoms in total. The van der Waals surface area contributed by atoms with E-state index < -0.39 is 11.6 Å². The molecule has 0 amide bonds. The number of hydrogen-bond acceptors (Lipinski definition) is 1. The van der Waals surface area contributed by atoms with Crippen molar-refractivity contribution in [3.05, 3.63) is 65.0 Å². The smallest absolute Gasteiger partial charge is 0.131 e. The molecule has 1 N–H and O–H groups in total. The predicted molar refractivity (Wildman–Crippen MR) is 64.8 cm³/mol. The number of hydrogen-bond donors (Lipinski definition) is 1. The highest BCUT2D eigenvalue weighted by molar-refractivity contribution is 5.51. The lowest BCUT2D eigenvalue weighted by molar-refractivity contribution is 0.560. The lowest BCUT2D eigenvalue weighted by Gasteiger charge is -2.11. The molecule has 0 heterocycles. The van der Waals surface area contributed by atoms with Gasteiger partial charge >= 0.3 is 0 Å². The van der Waals surface area contributed by atoms with Gasteiger partial charge in [-0.15, -0.1) is 0 Å². The molecule has 2 rings (SSSR count). The number of benzene rings is 2. The third-order valence-electron chi connectivity index (χ3n) is 2.78. The van der Waals surface area contributed by atoms with Gasteiger partial charge in [0, 0.05) is 23.4 Å². The Kier molecular flexibility index (Phi) is 3.55. The van der Waals surface area contributed by atoms with Gasteiger partial charge in [0.25, 0.3) is 0 Å². The molecule has 0 bridgehead atoms. The summed E-state index contributed by atoms with van der Waals surface area (Å²) in [7, 11) is 0. The largest absolute Gasteiger partial charge is 0.380 e. The van der Waals surface area contributed by atoms with E-state index in [9.17, 15) is 13.2 Å². The van der Waals surface area contributed by atoms with Gasteiger partial charge in [0.1, 0.15) is 17.5 Å². The van der Waals surface area contributed by atoms with E-state index in [1.165, 1.54) is 24.3 Å². The van der Waals surface area contributed by atoms with Gasteiger partial charge in [-0.25, -0.2) is 13.2 Å². The number of anilines is 1. The first kappa shape index (κ1) is 12.5. The molecule has 0 saturated heterocycles. The second kappa shape index (κ2) is 5.12. The fourth-order valence-electron chi connectivity index (χ4n) is 1.68. The van der Waals surface area contributed by atoms with Crippen LogP contribution in [0.3, 0.4) is 0 Å². The summed E-state index contributed by atoms with van der Waals surface area (Å²) in [4.78, 5) is 0. The molecule has 0 atom stereocenters. The summed E-state index contributed by atoms with van der Waals surface area (Å²) in [6.07, 6.45) is 0. The van der Waals surface area contributed by atoms with Crippen LogP contribution in [0.4, 0.5) is 18.9 Å². The van der Waals surface area contributed by atoms with Gasteiger partial charge in [0.2, 0.25) is 0 Å². The van der Waals surface area contributed by atoms with Crippen LogP contribution in [-0.2, 0) is 6.54 Å². The third-order valence-corrected chi connectivity index (χ3v) is 2.78. The Bertz CT molecular complexity index is 547. The molecule has 0 unspecified atom stereocenters. The van der Waals surface area contributed by atoms with Crippen LogP contribution < -0.4 is 5.32 Å². The van der Waals surface area contributed by atoms with Crippen LogP contribution in [0.2, 0.25) is 0 Å². The second-order valence-electron chi connectivity index (χ2n) is 3.97.